The van der Waals surface area contributed by atoms with Crippen LogP contribution in [0.1, 0.15) is 99.3 Å². The Kier molecular flexibility index (Phi) is 9.96. The molecule has 0 spiro atoms. The molecule has 0 aromatic rings. The highest BCUT2D eigenvalue weighted by atomic mass is 16.7. The zero-order chi connectivity index (χ0) is 34.9. The minimum atomic E-state index is -1.75. The van der Waals surface area contributed by atoms with Gasteiger partial charge in [0.05, 0.1) is 30.8 Å². The predicted molar refractivity (Wildman–Crippen MR) is 170 cm³/mol. The topological polar surface area (TPSA) is 194 Å². The number of carbonyl (C=O) groups excluding carboxylic acids is 2. The van der Waals surface area contributed by atoms with Gasteiger partial charge in [-0.25, -0.2) is 0 Å². The molecule has 0 aromatic heterocycles. The summed E-state index contributed by atoms with van der Waals surface area (Å²) in [5.41, 5.74) is -2.05. The van der Waals surface area contributed by atoms with Crippen molar-refractivity contribution in [3.05, 3.63) is 11.6 Å². The molecular weight excluding hydrogens is 608 g/mol. The summed E-state index contributed by atoms with van der Waals surface area (Å²) in [5.74, 6) is -0.860. The van der Waals surface area contributed by atoms with Crippen molar-refractivity contribution >= 4 is 11.8 Å². The maximum Gasteiger partial charge on any atom is 0.318 e. The number of aliphatic hydroxyl groups is 7. The Morgan fingerprint density at radius 2 is 1.62 bits per heavy atom. The summed E-state index contributed by atoms with van der Waals surface area (Å²) in [5, 5.41) is 74.4. The third-order valence-electron chi connectivity index (χ3n) is 14.6. The molecule has 1 heterocycles. The molecule has 0 amide bonds. The van der Waals surface area contributed by atoms with Gasteiger partial charge in [0, 0.05) is 11.3 Å². The van der Waals surface area contributed by atoms with E-state index in [4.69, 9.17) is 9.47 Å². The van der Waals surface area contributed by atoms with Crippen LogP contribution in [-0.2, 0) is 19.1 Å². The number of esters is 1. The molecule has 5 aliphatic rings. The molecular formula is C36H58O11. The molecule has 15 atom stereocenters. The molecule has 1 saturated heterocycles. The minimum Gasteiger partial charge on any atom is -0.432 e. The van der Waals surface area contributed by atoms with Crippen molar-refractivity contribution < 1.29 is 54.8 Å². The van der Waals surface area contributed by atoms with E-state index in [9.17, 15) is 45.3 Å². The maximum absolute atomic E-state index is 14.2. The van der Waals surface area contributed by atoms with Gasteiger partial charge in [-0.1, -0.05) is 40.7 Å². The molecule has 1 aliphatic heterocycles. The van der Waals surface area contributed by atoms with Crippen LogP contribution in [0.15, 0.2) is 11.6 Å². The van der Waals surface area contributed by atoms with E-state index in [-0.39, 0.29) is 47.4 Å². The number of carbonyl (C=O) groups is 2. The Labute approximate surface area is 278 Å². The van der Waals surface area contributed by atoms with E-state index in [0.717, 1.165) is 24.8 Å². The smallest absolute Gasteiger partial charge is 0.318 e. The van der Waals surface area contributed by atoms with Gasteiger partial charge in [0.2, 0.25) is 6.29 Å². The van der Waals surface area contributed by atoms with Crippen LogP contribution >= 0.6 is 0 Å². The first-order chi connectivity index (χ1) is 21.8. The molecule has 1 unspecified atom stereocenters. The molecule has 7 N–H and O–H groups in total. The average molecular weight is 667 g/mol. The van der Waals surface area contributed by atoms with Gasteiger partial charge in [-0.3, -0.25) is 9.59 Å². The van der Waals surface area contributed by atoms with Gasteiger partial charge >= 0.3 is 5.97 Å². The fraction of sp³-hybridized carbons (Fsp3) is 0.889. The first kappa shape index (κ1) is 36.8. The zero-order valence-corrected chi connectivity index (χ0v) is 28.9. The number of Topliss-reactive ketones (excluding diaryl/α,β-unsaturated/α-hetero) is 1. The fourth-order valence-corrected chi connectivity index (χ4v) is 10.9. The highest BCUT2D eigenvalue weighted by Gasteiger charge is 2.69. The number of ether oxygens (including phenoxy) is 2. The van der Waals surface area contributed by atoms with E-state index >= 15 is 0 Å². The van der Waals surface area contributed by atoms with Crippen LogP contribution in [0, 0.1) is 44.8 Å². The van der Waals surface area contributed by atoms with Crippen molar-refractivity contribution in [1.29, 1.82) is 0 Å². The lowest BCUT2D eigenvalue weighted by Crippen LogP contribution is -2.66. The summed E-state index contributed by atoms with van der Waals surface area (Å²) < 4.78 is 11.3. The summed E-state index contributed by atoms with van der Waals surface area (Å²) in [4.78, 5) is 26.5. The van der Waals surface area contributed by atoms with E-state index in [1.54, 1.807) is 6.92 Å². The lowest BCUT2D eigenvalue weighted by atomic mass is 9.34. The Morgan fingerprint density at radius 1 is 0.936 bits per heavy atom. The summed E-state index contributed by atoms with van der Waals surface area (Å²) in [6, 6.07) is 0. The molecule has 0 bridgehead atoms. The van der Waals surface area contributed by atoms with Gasteiger partial charge in [-0.05, 0) is 98.4 Å². The first-order valence-corrected chi connectivity index (χ1v) is 17.6. The van der Waals surface area contributed by atoms with Gasteiger partial charge in [-0.2, -0.15) is 0 Å². The van der Waals surface area contributed by atoms with Crippen LogP contribution in [0.2, 0.25) is 0 Å². The SMILES string of the molecule is CC(=O)[C@H](C)CC[C@@]1(C(=O)O[C@@H]2O[C@H](CO)[C@@H](O)[C@H](O)[C@H]2O)C=C2[C@@H](O)C[C@@H]3[C@@]4(C)CC[C@@H](O)[C@](C)(CO)C4CC[C@@]3(C)[C@]2(C)CC1. The zero-order valence-electron chi connectivity index (χ0n) is 28.9. The van der Waals surface area contributed by atoms with Gasteiger partial charge in [0.25, 0.3) is 0 Å². The van der Waals surface area contributed by atoms with Crippen LogP contribution in [0.5, 0.6) is 0 Å². The monoisotopic (exact) mass is 666 g/mol. The van der Waals surface area contributed by atoms with Crippen LogP contribution in [0.3, 0.4) is 0 Å². The number of hydrogen-bond acceptors (Lipinski definition) is 11. The van der Waals surface area contributed by atoms with Crippen molar-refractivity contribution in [2.75, 3.05) is 13.2 Å². The van der Waals surface area contributed by atoms with Gasteiger partial charge in [0.1, 0.15) is 30.2 Å². The first-order valence-electron chi connectivity index (χ1n) is 17.6. The molecule has 0 aromatic carbocycles. The van der Waals surface area contributed by atoms with E-state index < -0.39 is 71.7 Å². The Morgan fingerprint density at radius 3 is 2.23 bits per heavy atom. The lowest BCUT2D eigenvalue weighted by Gasteiger charge is -2.70. The van der Waals surface area contributed by atoms with Crippen molar-refractivity contribution in [2.45, 2.75) is 142 Å². The largest absolute Gasteiger partial charge is 0.432 e. The number of hydrogen-bond donors (Lipinski definition) is 7. The molecule has 5 rings (SSSR count). The maximum atomic E-state index is 14.2. The van der Waals surface area contributed by atoms with E-state index in [1.807, 2.05) is 13.0 Å². The van der Waals surface area contributed by atoms with Crippen LogP contribution in [-0.4, -0.2) is 104 Å². The number of fused-ring (bicyclic) bond motifs is 5. The second-order valence-electron chi connectivity index (χ2n) is 16.8. The number of aliphatic hydroxyl groups excluding tert-OH is 7. The van der Waals surface area contributed by atoms with Crippen LogP contribution in [0.25, 0.3) is 0 Å². The average Bonchev–Trinajstić information content (AvgIpc) is 3.03. The summed E-state index contributed by atoms with van der Waals surface area (Å²) >= 11 is 0. The molecule has 0 radical (unpaired) electrons. The van der Waals surface area contributed by atoms with Crippen LogP contribution in [0.4, 0.5) is 0 Å². The summed E-state index contributed by atoms with van der Waals surface area (Å²) in [7, 11) is 0. The molecule has 3 saturated carbocycles. The Balaban J connectivity index is 1.51. The Hall–Kier alpha value is -1.44. The summed E-state index contributed by atoms with van der Waals surface area (Å²) in [6.07, 6.45) is -2.42. The standard InChI is InChI=1S/C36H58O11/c1-19(20(2)39)7-12-36(31(45)47-30-29(44)28(43)27(42)23(17-37)46-30)14-13-34(5)21(16-36)22(40)15-25-32(3)10-9-26(41)33(4,18-38)24(32)8-11-35(25,34)6/h16,19,22-30,37-38,40-44H,7-15,17-18H2,1-6H3/t19-,22+,23-,24?,25-,26-,27-,28+,29-,30+,32+,33-,34-,35-,36+/m1/s1. The van der Waals surface area contributed by atoms with Crippen molar-refractivity contribution in [3.63, 3.8) is 0 Å². The van der Waals surface area contributed by atoms with E-state index in [2.05, 4.69) is 20.8 Å². The lowest BCUT2D eigenvalue weighted by molar-refractivity contribution is -0.295. The van der Waals surface area contributed by atoms with Gasteiger partial charge in [-0.15, -0.1) is 0 Å². The minimum absolute atomic E-state index is 0.0127. The van der Waals surface area contributed by atoms with Gasteiger partial charge in [0.15, 0.2) is 0 Å². The second-order valence-corrected chi connectivity index (χ2v) is 16.8. The van der Waals surface area contributed by atoms with Crippen molar-refractivity contribution in [1.82, 2.24) is 0 Å². The Bertz CT molecular complexity index is 1240. The highest BCUT2D eigenvalue weighted by Crippen LogP contribution is 2.74. The fourth-order valence-electron chi connectivity index (χ4n) is 10.9. The van der Waals surface area contributed by atoms with Crippen LogP contribution < -0.4 is 0 Å². The predicted octanol–water partition coefficient (Wildman–Crippen LogP) is 2.00. The van der Waals surface area contributed by atoms with Crippen molar-refractivity contribution in [2.24, 2.45) is 44.8 Å². The van der Waals surface area contributed by atoms with E-state index in [0.29, 0.717) is 32.1 Å². The quantitative estimate of drug-likeness (QED) is 0.148. The van der Waals surface area contributed by atoms with Crippen molar-refractivity contribution in [3.8, 4) is 0 Å². The number of rotatable bonds is 8. The highest BCUT2D eigenvalue weighted by molar-refractivity contribution is 5.81. The number of ketones is 1. The summed E-state index contributed by atoms with van der Waals surface area (Å²) in [6.45, 7) is 11.3. The molecule has 11 nitrogen and oxygen atoms in total. The van der Waals surface area contributed by atoms with E-state index in [1.165, 1.54) is 6.92 Å². The molecule has 4 fully saturated rings. The molecule has 11 heteroatoms. The second kappa shape index (κ2) is 12.7. The normalized spacial score (nSPS) is 50.3. The third-order valence-corrected chi connectivity index (χ3v) is 14.6. The molecule has 268 valence electrons. The molecule has 4 aliphatic carbocycles. The van der Waals surface area contributed by atoms with Gasteiger partial charge < -0.3 is 45.2 Å². The molecule has 47 heavy (non-hydrogen) atoms. The third kappa shape index (κ3) is 5.55.